The summed E-state index contributed by atoms with van der Waals surface area (Å²) in [5, 5.41) is 3.38. The molecule has 0 spiro atoms. The van der Waals surface area contributed by atoms with Crippen LogP contribution in [0.1, 0.15) is 31.2 Å². The van der Waals surface area contributed by atoms with Gasteiger partial charge in [-0.3, -0.25) is 9.97 Å². The quantitative estimate of drug-likeness (QED) is 0.197. The number of nitrogens with zero attached hydrogens (tertiary/aromatic N) is 4. The molecule has 0 saturated heterocycles. The lowest BCUT2D eigenvalue weighted by Crippen LogP contribution is -1.97. The third-order valence-corrected chi connectivity index (χ3v) is 9.28. The molecule has 0 aliphatic carbocycles. The highest BCUT2D eigenvalue weighted by molar-refractivity contribution is 7.26. The number of hydrogen-bond donors (Lipinski definition) is 0. The number of hydrogen-bond acceptors (Lipinski definition) is 5. The second-order valence-electron chi connectivity index (χ2n) is 11.4. The van der Waals surface area contributed by atoms with E-state index < -0.39 is 0 Å². The van der Waals surface area contributed by atoms with Crippen LogP contribution in [0.15, 0.2) is 109 Å². The van der Waals surface area contributed by atoms with E-state index in [0.717, 1.165) is 77.2 Å². The van der Waals surface area contributed by atoms with Crippen molar-refractivity contribution in [1.82, 2.24) is 19.9 Å². The van der Waals surface area contributed by atoms with Crippen LogP contribution in [0.3, 0.4) is 0 Å². The minimum Gasteiger partial charge on any atom is -0.251 e. The molecule has 4 heterocycles. The van der Waals surface area contributed by atoms with Crippen molar-refractivity contribution in [3.8, 4) is 33.8 Å². The molecule has 43 heavy (non-hydrogen) atoms. The van der Waals surface area contributed by atoms with Crippen LogP contribution in [0.2, 0.25) is 0 Å². The number of aryl methyl sites for hydroxylation is 1. The zero-order valence-corrected chi connectivity index (χ0v) is 25.0. The molecular weight excluding hydrogens is 545 g/mol. The normalized spacial score (nSPS) is 11.8. The highest BCUT2D eigenvalue weighted by Crippen LogP contribution is 2.40. The molecular formula is C38H28N4S. The van der Waals surface area contributed by atoms with Gasteiger partial charge in [0.05, 0.1) is 26.9 Å². The van der Waals surface area contributed by atoms with Crippen molar-refractivity contribution in [3.63, 3.8) is 0 Å². The van der Waals surface area contributed by atoms with E-state index in [9.17, 15) is 0 Å². The lowest BCUT2D eigenvalue weighted by atomic mass is 9.95. The van der Waals surface area contributed by atoms with E-state index in [0.29, 0.717) is 5.92 Å². The molecule has 0 radical (unpaired) electrons. The molecule has 8 rings (SSSR count). The second kappa shape index (κ2) is 10.1. The van der Waals surface area contributed by atoms with E-state index >= 15 is 0 Å². The van der Waals surface area contributed by atoms with E-state index in [4.69, 9.17) is 19.9 Å². The van der Waals surface area contributed by atoms with Crippen LogP contribution in [0.5, 0.6) is 0 Å². The molecule has 4 nitrogen and oxygen atoms in total. The van der Waals surface area contributed by atoms with Crippen molar-refractivity contribution in [3.05, 3.63) is 121 Å². The maximum Gasteiger partial charge on any atom is 0.160 e. The van der Waals surface area contributed by atoms with Gasteiger partial charge in [-0.15, -0.1) is 11.3 Å². The summed E-state index contributed by atoms with van der Waals surface area (Å²) in [6, 6.07) is 38.3. The summed E-state index contributed by atoms with van der Waals surface area (Å²) in [6.07, 6.45) is 0. The van der Waals surface area contributed by atoms with Crippen LogP contribution in [0, 0.1) is 6.92 Å². The van der Waals surface area contributed by atoms with Crippen LogP contribution in [0.4, 0.5) is 0 Å². The molecule has 5 heteroatoms. The van der Waals surface area contributed by atoms with Gasteiger partial charge in [-0.2, -0.15) is 0 Å². The predicted molar refractivity (Wildman–Crippen MR) is 181 cm³/mol. The Kier molecular flexibility index (Phi) is 6.02. The number of aromatic nitrogens is 4. The molecule has 4 aromatic carbocycles. The maximum atomic E-state index is 5.15. The van der Waals surface area contributed by atoms with Gasteiger partial charge in [-0.1, -0.05) is 105 Å². The molecule has 0 saturated carbocycles. The van der Waals surface area contributed by atoms with Gasteiger partial charge >= 0.3 is 0 Å². The largest absolute Gasteiger partial charge is 0.251 e. The Labute approximate surface area is 253 Å². The van der Waals surface area contributed by atoms with Gasteiger partial charge in [0.1, 0.15) is 0 Å². The van der Waals surface area contributed by atoms with E-state index in [2.05, 4.69) is 117 Å². The van der Waals surface area contributed by atoms with Crippen LogP contribution in [0.25, 0.3) is 75.9 Å². The first kappa shape index (κ1) is 25.7. The fraction of sp³-hybridized carbons (Fsp3) is 0.105. The Morgan fingerprint density at radius 3 is 2.14 bits per heavy atom. The van der Waals surface area contributed by atoms with Crippen molar-refractivity contribution in [2.24, 2.45) is 0 Å². The average Bonchev–Trinajstić information content (AvgIpc) is 3.43. The van der Waals surface area contributed by atoms with Gasteiger partial charge in [-0.05, 0) is 42.2 Å². The van der Waals surface area contributed by atoms with Gasteiger partial charge in [-0.25, -0.2) is 9.97 Å². The number of thiophene rings is 1. The van der Waals surface area contributed by atoms with Gasteiger partial charge in [0.15, 0.2) is 5.82 Å². The van der Waals surface area contributed by atoms with Crippen LogP contribution < -0.4 is 0 Å². The Bertz CT molecular complexity index is 2320. The highest BCUT2D eigenvalue weighted by atomic mass is 32.1. The van der Waals surface area contributed by atoms with Crippen molar-refractivity contribution in [2.75, 3.05) is 0 Å². The fourth-order valence-corrected chi connectivity index (χ4v) is 6.99. The van der Waals surface area contributed by atoms with E-state index in [1.165, 1.54) is 10.1 Å². The van der Waals surface area contributed by atoms with Crippen molar-refractivity contribution in [2.45, 2.75) is 26.7 Å². The fourth-order valence-electron chi connectivity index (χ4n) is 5.83. The van der Waals surface area contributed by atoms with Gasteiger partial charge in [0.2, 0.25) is 0 Å². The van der Waals surface area contributed by atoms with Gasteiger partial charge in [0.25, 0.3) is 0 Å². The molecule has 0 N–H and O–H groups in total. The third kappa shape index (κ3) is 4.36. The zero-order valence-electron chi connectivity index (χ0n) is 24.2. The molecule has 0 atom stereocenters. The molecule has 0 aliphatic rings. The number of pyridine rings is 2. The molecule has 0 bridgehead atoms. The molecule has 206 valence electrons. The van der Waals surface area contributed by atoms with E-state index in [1.54, 1.807) is 11.3 Å². The summed E-state index contributed by atoms with van der Waals surface area (Å²) in [7, 11) is 0. The third-order valence-electron chi connectivity index (χ3n) is 8.11. The summed E-state index contributed by atoms with van der Waals surface area (Å²) < 4.78 is 2.34. The number of fused-ring (bicyclic) bond motifs is 6. The molecule has 0 unspecified atom stereocenters. The maximum absolute atomic E-state index is 5.15. The summed E-state index contributed by atoms with van der Waals surface area (Å²) in [4.78, 5) is 20.3. The molecule has 8 aromatic rings. The van der Waals surface area contributed by atoms with E-state index in [-0.39, 0.29) is 0 Å². The standard InChI is InChI=1S/C38H28N4S/c1-22(2)31-21-30(28-20-19-26-14-13-23(3)39-33(26)35(28)40-31)24-15-17-27(18-16-24)38-41-34(25-9-5-4-6-10-25)37-36(42-38)29-11-7-8-12-32(29)43-37/h4-22H,1-3H3. The Hall–Kier alpha value is -5.00. The molecule has 0 amide bonds. The summed E-state index contributed by atoms with van der Waals surface area (Å²) >= 11 is 1.76. The predicted octanol–water partition coefficient (Wildman–Crippen LogP) is 10.4. The minimum absolute atomic E-state index is 0.291. The first-order valence-electron chi connectivity index (χ1n) is 14.6. The summed E-state index contributed by atoms with van der Waals surface area (Å²) in [5.41, 5.74) is 10.3. The van der Waals surface area contributed by atoms with Crippen LogP contribution in [-0.4, -0.2) is 19.9 Å². The monoisotopic (exact) mass is 572 g/mol. The number of rotatable bonds is 4. The molecule has 4 aromatic heterocycles. The van der Waals surface area contributed by atoms with Crippen molar-refractivity contribution < 1.29 is 0 Å². The second-order valence-corrected chi connectivity index (χ2v) is 12.4. The zero-order chi connectivity index (χ0) is 29.1. The summed E-state index contributed by atoms with van der Waals surface area (Å²) in [5.74, 6) is 1.02. The van der Waals surface area contributed by atoms with Crippen molar-refractivity contribution in [1.29, 1.82) is 0 Å². The van der Waals surface area contributed by atoms with Crippen LogP contribution >= 0.6 is 11.3 Å². The summed E-state index contributed by atoms with van der Waals surface area (Å²) in [6.45, 7) is 6.42. The SMILES string of the molecule is Cc1ccc2ccc3c(-c4ccc(-c5nc(-c6ccccc6)c6sc7ccccc7c6n5)cc4)cc(C(C)C)nc3c2n1. The first-order chi connectivity index (χ1) is 21.0. The molecule has 0 aliphatic heterocycles. The minimum atomic E-state index is 0.291. The van der Waals surface area contributed by atoms with E-state index in [1.807, 2.05) is 13.0 Å². The van der Waals surface area contributed by atoms with Crippen LogP contribution in [-0.2, 0) is 0 Å². The van der Waals surface area contributed by atoms with Gasteiger partial charge < -0.3 is 0 Å². The first-order valence-corrected chi connectivity index (χ1v) is 15.4. The Morgan fingerprint density at radius 2 is 1.33 bits per heavy atom. The highest BCUT2D eigenvalue weighted by Gasteiger charge is 2.17. The Balaban J connectivity index is 1.30. The number of benzene rings is 4. The lowest BCUT2D eigenvalue weighted by molar-refractivity contribution is 0.831. The Morgan fingerprint density at radius 1 is 0.581 bits per heavy atom. The van der Waals surface area contributed by atoms with Gasteiger partial charge in [0, 0.05) is 43.4 Å². The average molecular weight is 573 g/mol. The topological polar surface area (TPSA) is 51.6 Å². The molecule has 0 fully saturated rings. The van der Waals surface area contributed by atoms with Crippen molar-refractivity contribution >= 4 is 53.4 Å². The smallest absolute Gasteiger partial charge is 0.160 e. The lowest BCUT2D eigenvalue weighted by Gasteiger charge is -2.14.